The van der Waals surface area contributed by atoms with Crippen molar-refractivity contribution in [2.75, 3.05) is 6.54 Å². The summed E-state index contributed by atoms with van der Waals surface area (Å²) in [5, 5.41) is 7.31. The minimum absolute atomic E-state index is 0.189. The predicted octanol–water partition coefficient (Wildman–Crippen LogP) is 3.90. The van der Waals surface area contributed by atoms with E-state index in [9.17, 15) is 13.6 Å². The Kier molecular flexibility index (Phi) is 5.80. The smallest absolute Gasteiger partial charge is 0.261 e. The van der Waals surface area contributed by atoms with Crippen molar-refractivity contribution in [2.24, 2.45) is 5.73 Å². The van der Waals surface area contributed by atoms with Gasteiger partial charge in [0.15, 0.2) is 11.6 Å². The highest BCUT2D eigenvalue weighted by Crippen LogP contribution is 2.38. The number of aryl methyl sites for hydroxylation is 2. The van der Waals surface area contributed by atoms with Crippen molar-refractivity contribution in [1.29, 1.82) is 0 Å². The highest BCUT2D eigenvalue weighted by atomic mass is 79.9. The van der Waals surface area contributed by atoms with Gasteiger partial charge >= 0.3 is 0 Å². The van der Waals surface area contributed by atoms with Gasteiger partial charge in [-0.1, -0.05) is 6.07 Å². The topological polar surface area (TPSA) is 72.9 Å². The number of carbonyl (C=O) groups is 1. The zero-order valence-corrected chi connectivity index (χ0v) is 17.8. The number of carbonyl (C=O) groups excluding carboxylic acids is 1. The normalized spacial score (nSPS) is 14.1. The summed E-state index contributed by atoms with van der Waals surface area (Å²) < 4.78 is 29.4. The molecule has 3 heterocycles. The van der Waals surface area contributed by atoms with Crippen LogP contribution in [0.4, 0.5) is 8.78 Å². The molecule has 9 heteroatoms. The Balaban J connectivity index is 1.53. The second-order valence-electron chi connectivity index (χ2n) is 6.97. The molecule has 0 radical (unpaired) electrons. The maximum Gasteiger partial charge on any atom is 0.261 e. The largest absolute Gasteiger partial charge is 0.347 e. The second kappa shape index (κ2) is 8.33. The number of hydrogen-bond donors (Lipinski definition) is 2. The predicted molar refractivity (Wildman–Crippen MR) is 112 cm³/mol. The molecule has 0 spiro atoms. The van der Waals surface area contributed by atoms with E-state index in [2.05, 4.69) is 26.3 Å². The van der Waals surface area contributed by atoms with Crippen LogP contribution < -0.4 is 11.1 Å². The molecular weight excluding hydrogens is 462 g/mol. The first-order valence-corrected chi connectivity index (χ1v) is 10.9. The maximum absolute atomic E-state index is 13.4. The number of benzene rings is 1. The molecular formula is C20H19BrF2N4OS. The fraction of sp³-hybridized carbons (Fsp3) is 0.300. The molecule has 0 bridgehead atoms. The van der Waals surface area contributed by atoms with Crippen molar-refractivity contribution >= 4 is 33.2 Å². The van der Waals surface area contributed by atoms with Crippen LogP contribution in [0, 0.1) is 11.6 Å². The summed E-state index contributed by atoms with van der Waals surface area (Å²) in [5.41, 5.74) is 8.39. The van der Waals surface area contributed by atoms with E-state index in [1.807, 2.05) is 10.7 Å². The Labute approximate surface area is 179 Å². The molecule has 1 aliphatic rings. The minimum atomic E-state index is -0.909. The Morgan fingerprint density at radius 1 is 1.34 bits per heavy atom. The van der Waals surface area contributed by atoms with E-state index in [1.54, 1.807) is 6.20 Å². The van der Waals surface area contributed by atoms with E-state index in [0.717, 1.165) is 52.1 Å². The van der Waals surface area contributed by atoms with Crippen LogP contribution in [0.25, 0.3) is 11.3 Å². The number of fused-ring (bicyclic) bond motifs is 3. The lowest BCUT2D eigenvalue weighted by molar-refractivity contribution is 0.0942. The van der Waals surface area contributed by atoms with E-state index in [1.165, 1.54) is 17.4 Å². The van der Waals surface area contributed by atoms with Gasteiger partial charge in [-0.2, -0.15) is 5.10 Å². The van der Waals surface area contributed by atoms with Gasteiger partial charge in [0.1, 0.15) is 0 Å². The van der Waals surface area contributed by atoms with E-state index in [-0.39, 0.29) is 18.5 Å². The number of amides is 1. The van der Waals surface area contributed by atoms with Crippen LogP contribution in [-0.2, 0) is 19.4 Å². The van der Waals surface area contributed by atoms with E-state index >= 15 is 0 Å². The number of rotatable bonds is 5. The number of nitrogens with two attached hydrogens (primary N) is 1. The third-order valence-electron chi connectivity index (χ3n) is 4.94. The van der Waals surface area contributed by atoms with Crippen molar-refractivity contribution in [1.82, 2.24) is 15.1 Å². The van der Waals surface area contributed by atoms with Gasteiger partial charge in [0.05, 0.1) is 21.2 Å². The summed E-state index contributed by atoms with van der Waals surface area (Å²) in [5.74, 6) is -2.02. The van der Waals surface area contributed by atoms with Crippen molar-refractivity contribution in [3.8, 4) is 11.3 Å². The molecule has 3 aromatic rings. The van der Waals surface area contributed by atoms with Gasteiger partial charge in [0.25, 0.3) is 5.91 Å². The molecule has 3 N–H and O–H groups in total. The SMILES string of the molecule is NC[C@H](Cc1ccc(F)c(F)c1)NC(=O)c1cc2c(s1)CCCn1ncc(Br)c1-2. The molecule has 2 aromatic heterocycles. The minimum Gasteiger partial charge on any atom is -0.347 e. The highest BCUT2D eigenvalue weighted by molar-refractivity contribution is 9.10. The molecule has 0 saturated heterocycles. The fourth-order valence-electron chi connectivity index (χ4n) is 3.52. The van der Waals surface area contributed by atoms with Gasteiger partial charge in [0, 0.05) is 29.6 Å². The molecule has 5 nitrogen and oxygen atoms in total. The number of hydrogen-bond acceptors (Lipinski definition) is 4. The number of thiophene rings is 1. The summed E-state index contributed by atoms with van der Waals surface area (Å²) in [4.78, 5) is 14.6. The van der Waals surface area contributed by atoms with Crippen LogP contribution in [0.5, 0.6) is 0 Å². The first-order valence-electron chi connectivity index (χ1n) is 9.25. The number of aromatic nitrogens is 2. The third kappa shape index (κ3) is 4.12. The van der Waals surface area contributed by atoms with Crippen LogP contribution >= 0.6 is 27.3 Å². The van der Waals surface area contributed by atoms with Gasteiger partial charge in [-0.25, -0.2) is 8.78 Å². The lowest BCUT2D eigenvalue weighted by Gasteiger charge is -2.16. The second-order valence-corrected chi connectivity index (χ2v) is 8.97. The summed E-state index contributed by atoms with van der Waals surface area (Å²) in [7, 11) is 0. The third-order valence-corrected chi connectivity index (χ3v) is 6.72. The van der Waals surface area contributed by atoms with Gasteiger partial charge < -0.3 is 11.1 Å². The summed E-state index contributed by atoms with van der Waals surface area (Å²) in [6.45, 7) is 1.03. The molecule has 4 rings (SSSR count). The van der Waals surface area contributed by atoms with Gasteiger partial charge in [-0.3, -0.25) is 9.48 Å². The molecule has 0 unspecified atom stereocenters. The summed E-state index contributed by atoms with van der Waals surface area (Å²) in [6.07, 6.45) is 3.94. The monoisotopic (exact) mass is 480 g/mol. The highest BCUT2D eigenvalue weighted by Gasteiger charge is 2.24. The van der Waals surface area contributed by atoms with Crippen LogP contribution in [0.3, 0.4) is 0 Å². The molecule has 1 aliphatic heterocycles. The summed E-state index contributed by atoms with van der Waals surface area (Å²) in [6, 6.07) is 5.23. The molecule has 0 saturated carbocycles. The average Bonchev–Trinajstić information content (AvgIpc) is 3.23. The molecule has 152 valence electrons. The molecule has 0 aliphatic carbocycles. The van der Waals surface area contributed by atoms with Crippen molar-refractivity contribution in [3.05, 3.63) is 61.9 Å². The first-order chi connectivity index (χ1) is 14.0. The number of nitrogens with one attached hydrogen (secondary N) is 1. The van der Waals surface area contributed by atoms with Crippen molar-refractivity contribution in [2.45, 2.75) is 31.8 Å². The Morgan fingerprint density at radius 3 is 2.93 bits per heavy atom. The quantitative estimate of drug-likeness (QED) is 0.581. The number of halogens is 3. The van der Waals surface area contributed by atoms with Gasteiger partial charge in [0.2, 0.25) is 0 Å². The van der Waals surface area contributed by atoms with E-state index < -0.39 is 11.6 Å². The molecule has 1 atom stereocenters. The molecule has 0 fully saturated rings. The van der Waals surface area contributed by atoms with Crippen LogP contribution in [0.1, 0.15) is 26.5 Å². The van der Waals surface area contributed by atoms with Crippen LogP contribution in [0.2, 0.25) is 0 Å². The average molecular weight is 481 g/mol. The lowest BCUT2D eigenvalue weighted by Crippen LogP contribution is -2.41. The standard InChI is InChI=1S/C20H19BrF2N4OS/c21-14-10-25-27-5-1-2-17-13(19(14)27)8-18(29-17)20(28)26-12(9-24)6-11-3-4-15(22)16(23)7-11/h3-4,7-8,10,12H,1-2,5-6,9,24H2,(H,26,28)/t12-/m0/s1. The maximum atomic E-state index is 13.4. The Morgan fingerprint density at radius 2 is 2.17 bits per heavy atom. The first kappa shape index (κ1) is 20.2. The lowest BCUT2D eigenvalue weighted by atomic mass is 10.1. The van der Waals surface area contributed by atoms with Crippen molar-refractivity contribution < 1.29 is 13.6 Å². The van der Waals surface area contributed by atoms with Gasteiger partial charge in [-0.15, -0.1) is 11.3 Å². The van der Waals surface area contributed by atoms with Crippen LogP contribution in [0.15, 0.2) is 34.9 Å². The number of nitrogens with zero attached hydrogens (tertiary/aromatic N) is 2. The zero-order chi connectivity index (χ0) is 20.5. The van der Waals surface area contributed by atoms with Crippen LogP contribution in [-0.4, -0.2) is 28.3 Å². The van der Waals surface area contributed by atoms with E-state index in [0.29, 0.717) is 16.9 Å². The Hall–Kier alpha value is -2.10. The zero-order valence-electron chi connectivity index (χ0n) is 15.4. The Bertz CT molecular complexity index is 1060. The van der Waals surface area contributed by atoms with E-state index in [4.69, 9.17) is 5.73 Å². The molecule has 1 aromatic carbocycles. The molecule has 29 heavy (non-hydrogen) atoms. The summed E-state index contributed by atoms with van der Waals surface area (Å²) >= 11 is 5.02. The van der Waals surface area contributed by atoms with Crippen molar-refractivity contribution in [3.63, 3.8) is 0 Å². The fourth-order valence-corrected chi connectivity index (χ4v) is 5.13. The van der Waals surface area contributed by atoms with Gasteiger partial charge in [-0.05, 0) is 59.0 Å². The molecule has 1 amide bonds.